The molecule has 1 saturated heterocycles. The molecule has 53 heavy (non-hydrogen) atoms. The molecule has 1 aliphatic heterocycles. The third kappa shape index (κ3) is 12.7. The Bertz CT molecular complexity index is 1760. The summed E-state index contributed by atoms with van der Waals surface area (Å²) < 4.78 is 5.27. The van der Waals surface area contributed by atoms with Crippen molar-refractivity contribution in [2.24, 2.45) is 17.2 Å². The summed E-state index contributed by atoms with van der Waals surface area (Å²) in [5.41, 5.74) is 19.4. The van der Waals surface area contributed by atoms with Crippen LogP contribution >= 0.6 is 11.8 Å². The number of nitrogens with zero attached hydrogens (tertiary/aromatic N) is 1. The smallest absolute Gasteiger partial charge is 0.410 e. The van der Waals surface area contributed by atoms with E-state index in [0.717, 1.165) is 27.8 Å². The molecule has 17 heteroatoms. The monoisotopic (exact) mass is 746 g/mol. The number of likely N-dealkylation sites (tertiary alicyclic amines) is 1. The minimum atomic E-state index is -1.22. The summed E-state index contributed by atoms with van der Waals surface area (Å²) in [7, 11) is 0. The van der Waals surface area contributed by atoms with E-state index < -0.39 is 59.6 Å². The van der Waals surface area contributed by atoms with Crippen molar-refractivity contribution in [3.63, 3.8) is 0 Å². The van der Waals surface area contributed by atoms with E-state index in [1.165, 1.54) is 0 Å². The highest BCUT2D eigenvalue weighted by atomic mass is 32.2. The van der Waals surface area contributed by atoms with E-state index in [2.05, 4.69) is 21.3 Å². The van der Waals surface area contributed by atoms with Crippen molar-refractivity contribution in [3.8, 4) is 5.75 Å². The maximum absolute atomic E-state index is 13.0. The number of thioether (sulfide) groups is 1. The van der Waals surface area contributed by atoms with Crippen LogP contribution in [-0.4, -0.2) is 88.7 Å². The normalized spacial score (nSPS) is 15.5. The number of carbonyl (C=O) groups excluding carboxylic acids is 7. The van der Waals surface area contributed by atoms with Gasteiger partial charge in [-0.25, -0.2) is 4.79 Å². The third-order valence-corrected chi connectivity index (χ3v) is 9.25. The van der Waals surface area contributed by atoms with Crippen molar-refractivity contribution in [3.05, 3.63) is 96.1 Å². The second-order valence-electron chi connectivity index (χ2n) is 12.1. The number of imide groups is 1. The molecule has 0 radical (unpaired) electrons. The van der Waals surface area contributed by atoms with Crippen LogP contribution in [0.4, 0.5) is 10.5 Å². The lowest BCUT2D eigenvalue weighted by Gasteiger charge is -2.21. The predicted octanol–water partition coefficient (Wildman–Crippen LogP) is 0.148. The lowest BCUT2D eigenvalue weighted by atomic mass is 10.1. The highest BCUT2D eigenvalue weighted by molar-refractivity contribution is 8.00. The number of nitrogens with one attached hydrogen (secondary N) is 4. The van der Waals surface area contributed by atoms with Gasteiger partial charge in [-0.2, -0.15) is 0 Å². The number of carbonyl (C=O) groups is 7. The molecule has 1 heterocycles. The van der Waals surface area contributed by atoms with E-state index in [1.807, 2.05) is 12.1 Å². The van der Waals surface area contributed by atoms with Gasteiger partial charge in [0.05, 0.1) is 30.4 Å². The number of amides is 7. The SMILES string of the molecule is NC(=O)CNC(=O)[C@H](CSC1CC(=O)N(Cc2ccccc2)C1=O)NC(=O)[C@@H](N)CCNC(=O)Oc1ccc(C[C@H](N)C(=O)Nc2ccccc2)cc1. The maximum Gasteiger partial charge on any atom is 0.412 e. The highest BCUT2D eigenvalue weighted by Gasteiger charge is 2.39. The molecule has 10 N–H and O–H groups in total. The summed E-state index contributed by atoms with van der Waals surface area (Å²) in [5, 5.41) is 9.32. The first-order valence-electron chi connectivity index (χ1n) is 16.7. The summed E-state index contributed by atoms with van der Waals surface area (Å²) in [6.45, 7) is -0.425. The number of rotatable bonds is 18. The van der Waals surface area contributed by atoms with Crippen molar-refractivity contribution in [1.82, 2.24) is 20.9 Å². The molecule has 1 unspecified atom stereocenters. The van der Waals surface area contributed by atoms with Crippen LogP contribution in [0, 0.1) is 0 Å². The second kappa shape index (κ2) is 19.7. The molecule has 4 rings (SSSR count). The van der Waals surface area contributed by atoms with Crippen LogP contribution in [0.5, 0.6) is 5.75 Å². The Kier molecular flexibility index (Phi) is 14.9. The van der Waals surface area contributed by atoms with Gasteiger partial charge in [-0.05, 0) is 48.2 Å². The van der Waals surface area contributed by atoms with Gasteiger partial charge in [-0.1, -0.05) is 60.7 Å². The van der Waals surface area contributed by atoms with Gasteiger partial charge in [0.15, 0.2) is 0 Å². The quantitative estimate of drug-likeness (QED) is 0.0862. The number of nitrogens with two attached hydrogens (primary N) is 3. The zero-order valence-electron chi connectivity index (χ0n) is 28.7. The zero-order chi connectivity index (χ0) is 38.3. The van der Waals surface area contributed by atoms with Crippen LogP contribution in [0.3, 0.4) is 0 Å². The zero-order valence-corrected chi connectivity index (χ0v) is 29.5. The molecule has 7 amide bonds. The average molecular weight is 747 g/mol. The van der Waals surface area contributed by atoms with Gasteiger partial charge >= 0.3 is 6.09 Å². The van der Waals surface area contributed by atoms with Gasteiger partial charge < -0.3 is 43.2 Å². The fourth-order valence-electron chi connectivity index (χ4n) is 5.09. The molecule has 0 saturated carbocycles. The van der Waals surface area contributed by atoms with Crippen LogP contribution in [0.25, 0.3) is 0 Å². The van der Waals surface area contributed by atoms with Gasteiger partial charge in [-0.3, -0.25) is 33.7 Å². The Morgan fingerprint density at radius 1 is 0.811 bits per heavy atom. The Labute approximate surface area is 309 Å². The highest BCUT2D eigenvalue weighted by Crippen LogP contribution is 2.27. The van der Waals surface area contributed by atoms with Gasteiger partial charge in [0.25, 0.3) is 0 Å². The number of hydrogen-bond acceptors (Lipinski definition) is 11. The van der Waals surface area contributed by atoms with Crippen molar-refractivity contribution >= 4 is 59.0 Å². The Balaban J connectivity index is 1.21. The fourth-order valence-corrected chi connectivity index (χ4v) is 6.28. The van der Waals surface area contributed by atoms with Crippen LogP contribution in [-0.2, 0) is 41.7 Å². The average Bonchev–Trinajstić information content (AvgIpc) is 3.41. The molecular formula is C36H42N8O8S. The summed E-state index contributed by atoms with van der Waals surface area (Å²) in [5.74, 6) is -3.26. The minimum absolute atomic E-state index is 0.0321. The van der Waals surface area contributed by atoms with E-state index in [9.17, 15) is 33.6 Å². The molecule has 1 fully saturated rings. The van der Waals surface area contributed by atoms with Crippen LogP contribution in [0.2, 0.25) is 0 Å². The lowest BCUT2D eigenvalue weighted by Crippen LogP contribution is -2.54. The minimum Gasteiger partial charge on any atom is -0.410 e. The van der Waals surface area contributed by atoms with Crippen molar-refractivity contribution < 1.29 is 38.3 Å². The van der Waals surface area contributed by atoms with Crippen LogP contribution in [0.1, 0.15) is 24.0 Å². The molecule has 16 nitrogen and oxygen atoms in total. The third-order valence-electron chi connectivity index (χ3n) is 7.95. The molecule has 0 aromatic heterocycles. The Morgan fingerprint density at radius 3 is 2.13 bits per heavy atom. The van der Waals surface area contributed by atoms with Crippen molar-refractivity contribution in [2.75, 3.05) is 24.2 Å². The Morgan fingerprint density at radius 2 is 1.47 bits per heavy atom. The summed E-state index contributed by atoms with van der Waals surface area (Å²) in [6.07, 6.45) is -0.659. The topological polar surface area (TPSA) is 258 Å². The van der Waals surface area contributed by atoms with E-state index >= 15 is 0 Å². The second-order valence-corrected chi connectivity index (χ2v) is 13.3. The van der Waals surface area contributed by atoms with E-state index in [4.69, 9.17) is 21.9 Å². The molecule has 4 atom stereocenters. The van der Waals surface area contributed by atoms with E-state index in [0.29, 0.717) is 5.69 Å². The molecule has 3 aromatic carbocycles. The first-order chi connectivity index (χ1) is 25.4. The predicted molar refractivity (Wildman–Crippen MR) is 197 cm³/mol. The van der Waals surface area contributed by atoms with Crippen LogP contribution < -0.4 is 43.2 Å². The van der Waals surface area contributed by atoms with Crippen molar-refractivity contribution in [2.45, 2.75) is 49.2 Å². The number of para-hydroxylation sites is 1. The largest absolute Gasteiger partial charge is 0.412 e. The van der Waals surface area contributed by atoms with Gasteiger partial charge in [0.2, 0.25) is 35.4 Å². The Hall–Kier alpha value is -5.78. The van der Waals surface area contributed by atoms with E-state index in [1.54, 1.807) is 72.8 Å². The number of ether oxygens (including phenoxy) is 1. The fraction of sp³-hybridized carbons (Fsp3) is 0.306. The molecule has 0 spiro atoms. The van der Waals surface area contributed by atoms with Gasteiger partial charge in [0, 0.05) is 24.4 Å². The first kappa shape index (κ1) is 40.0. The molecule has 0 bridgehead atoms. The maximum atomic E-state index is 13.0. The molecule has 3 aromatic rings. The van der Waals surface area contributed by atoms with Gasteiger partial charge in [0.1, 0.15) is 11.8 Å². The molecule has 0 aliphatic carbocycles. The lowest BCUT2D eigenvalue weighted by molar-refractivity contribution is -0.139. The summed E-state index contributed by atoms with van der Waals surface area (Å²) >= 11 is 1.02. The summed E-state index contributed by atoms with van der Waals surface area (Å²) in [4.78, 5) is 88.6. The number of benzene rings is 3. The van der Waals surface area contributed by atoms with Crippen LogP contribution in [0.15, 0.2) is 84.9 Å². The molecule has 1 aliphatic rings. The molecule has 280 valence electrons. The van der Waals surface area contributed by atoms with Gasteiger partial charge in [-0.15, -0.1) is 11.8 Å². The molecular weight excluding hydrogens is 705 g/mol. The van der Waals surface area contributed by atoms with E-state index in [-0.39, 0.29) is 55.7 Å². The number of hydrogen-bond donors (Lipinski definition) is 7. The number of primary amides is 1. The standard InChI is InChI=1S/C36H42N8O8S/c37-26(15-16-40-36(51)52-25-13-11-22(12-14-25)17-27(38)33(48)42-24-9-5-2-6-10-24)32(47)43-28(34(49)41-19-30(39)45)21-53-29-18-31(46)44(35(29)50)20-23-7-3-1-4-8-23/h1-14,26-29H,15-21,37-38H2,(H2,39,45)(H,40,51)(H,41,49)(H,42,48)(H,43,47)/t26-,27-,28-,29?/m0/s1. The number of anilines is 1. The van der Waals surface area contributed by atoms with Crippen molar-refractivity contribution in [1.29, 1.82) is 0 Å². The summed E-state index contributed by atoms with van der Waals surface area (Å²) in [6, 6.07) is 21.2. The first-order valence-corrected chi connectivity index (χ1v) is 17.7.